The molecule has 0 aliphatic carbocycles. The third-order valence-electron chi connectivity index (χ3n) is 3.74. The van der Waals surface area contributed by atoms with Crippen LogP contribution in [-0.2, 0) is 4.79 Å². The molecule has 0 radical (unpaired) electrons. The number of thiocarbonyl (C=S) groups is 1. The van der Waals surface area contributed by atoms with Gasteiger partial charge in [0.15, 0.2) is 11.7 Å². The molecular weight excluding hydrogens is 486 g/mol. The zero-order valence-electron chi connectivity index (χ0n) is 17.4. The second kappa shape index (κ2) is 12.1. The lowest BCUT2D eigenvalue weighted by Crippen LogP contribution is -2.49. The standard InChI is InChI=1S/C21H24BrN3O5S/c1-13(2)11-30-18-9-4-14(10-17(18)22)20(27)23-21(31)25-24-19(26)12-29-16-7-5-15(28-3)6-8-16/h4-10,13H,11-12H2,1-3H3,(H,24,26)(H2,23,25,27,31). The fraction of sp³-hybridized carbons (Fsp3) is 0.286. The number of hydrogen-bond acceptors (Lipinski definition) is 6. The third-order valence-corrected chi connectivity index (χ3v) is 4.56. The molecule has 2 rings (SSSR count). The molecule has 0 unspecified atom stereocenters. The number of hydrogen-bond donors (Lipinski definition) is 3. The van der Waals surface area contributed by atoms with Crippen molar-refractivity contribution >= 4 is 45.1 Å². The van der Waals surface area contributed by atoms with Crippen molar-refractivity contribution in [3.8, 4) is 17.2 Å². The van der Waals surface area contributed by atoms with Crippen LogP contribution in [0.15, 0.2) is 46.9 Å². The summed E-state index contributed by atoms with van der Waals surface area (Å²) in [6.45, 7) is 4.43. The molecule has 0 aliphatic rings. The van der Waals surface area contributed by atoms with Crippen molar-refractivity contribution < 1.29 is 23.8 Å². The van der Waals surface area contributed by atoms with E-state index in [4.69, 9.17) is 26.4 Å². The van der Waals surface area contributed by atoms with Crippen LogP contribution in [0, 0.1) is 5.92 Å². The van der Waals surface area contributed by atoms with Crippen LogP contribution in [-0.4, -0.2) is 37.3 Å². The zero-order valence-corrected chi connectivity index (χ0v) is 19.8. The van der Waals surface area contributed by atoms with Gasteiger partial charge in [0.2, 0.25) is 0 Å². The SMILES string of the molecule is COc1ccc(OCC(=O)NNC(=S)NC(=O)c2ccc(OCC(C)C)c(Br)c2)cc1. The normalized spacial score (nSPS) is 10.2. The average Bonchev–Trinajstić information content (AvgIpc) is 2.75. The highest BCUT2D eigenvalue weighted by atomic mass is 79.9. The molecule has 0 saturated carbocycles. The Morgan fingerprint density at radius 3 is 2.32 bits per heavy atom. The van der Waals surface area contributed by atoms with E-state index in [1.165, 1.54) is 0 Å². The van der Waals surface area contributed by atoms with E-state index in [-0.39, 0.29) is 11.7 Å². The Hall–Kier alpha value is -2.85. The second-order valence-electron chi connectivity index (χ2n) is 6.77. The molecule has 8 nitrogen and oxygen atoms in total. The number of carbonyl (C=O) groups excluding carboxylic acids is 2. The quantitative estimate of drug-likeness (QED) is 0.371. The zero-order chi connectivity index (χ0) is 22.8. The van der Waals surface area contributed by atoms with E-state index in [0.717, 1.165) is 0 Å². The lowest BCUT2D eigenvalue weighted by atomic mass is 10.2. The van der Waals surface area contributed by atoms with Gasteiger partial charge in [-0.2, -0.15) is 0 Å². The lowest BCUT2D eigenvalue weighted by Gasteiger charge is -2.13. The summed E-state index contributed by atoms with van der Waals surface area (Å²) in [5.74, 6) is 1.33. The number of nitrogens with one attached hydrogen (secondary N) is 3. The van der Waals surface area contributed by atoms with E-state index in [1.54, 1.807) is 49.6 Å². The van der Waals surface area contributed by atoms with Crippen molar-refractivity contribution in [3.05, 3.63) is 52.5 Å². The van der Waals surface area contributed by atoms with Gasteiger partial charge in [0, 0.05) is 5.56 Å². The predicted molar refractivity (Wildman–Crippen MR) is 124 cm³/mol. The van der Waals surface area contributed by atoms with Crippen molar-refractivity contribution in [1.29, 1.82) is 0 Å². The number of benzene rings is 2. The number of halogens is 1. The maximum Gasteiger partial charge on any atom is 0.276 e. The van der Waals surface area contributed by atoms with Crippen molar-refractivity contribution in [2.45, 2.75) is 13.8 Å². The van der Waals surface area contributed by atoms with Crippen LogP contribution >= 0.6 is 28.1 Å². The van der Waals surface area contributed by atoms with Crippen molar-refractivity contribution in [2.75, 3.05) is 20.3 Å². The van der Waals surface area contributed by atoms with Crippen LogP contribution in [0.25, 0.3) is 0 Å². The van der Waals surface area contributed by atoms with E-state index in [0.29, 0.717) is 39.8 Å². The van der Waals surface area contributed by atoms with Gasteiger partial charge in [-0.15, -0.1) is 0 Å². The molecule has 31 heavy (non-hydrogen) atoms. The first-order valence-electron chi connectivity index (χ1n) is 9.38. The Morgan fingerprint density at radius 1 is 1.03 bits per heavy atom. The Kier molecular flexibility index (Phi) is 9.54. The third kappa shape index (κ3) is 8.42. The summed E-state index contributed by atoms with van der Waals surface area (Å²) in [5.41, 5.74) is 5.19. The summed E-state index contributed by atoms with van der Waals surface area (Å²) >= 11 is 8.43. The van der Waals surface area contributed by atoms with E-state index >= 15 is 0 Å². The van der Waals surface area contributed by atoms with Crippen LogP contribution in [0.2, 0.25) is 0 Å². The molecule has 0 saturated heterocycles. The first-order valence-corrected chi connectivity index (χ1v) is 10.6. The molecule has 0 aliphatic heterocycles. The fourth-order valence-electron chi connectivity index (χ4n) is 2.21. The number of methoxy groups -OCH3 is 1. The highest BCUT2D eigenvalue weighted by Crippen LogP contribution is 2.26. The van der Waals surface area contributed by atoms with Crippen molar-refractivity contribution in [1.82, 2.24) is 16.2 Å². The molecule has 10 heteroatoms. The van der Waals surface area contributed by atoms with Crippen LogP contribution < -0.4 is 30.4 Å². The van der Waals surface area contributed by atoms with Gasteiger partial charge in [0.1, 0.15) is 17.2 Å². The summed E-state index contributed by atoms with van der Waals surface area (Å²) in [4.78, 5) is 24.2. The second-order valence-corrected chi connectivity index (χ2v) is 8.03. The smallest absolute Gasteiger partial charge is 0.276 e. The maximum absolute atomic E-state index is 12.3. The molecule has 0 spiro atoms. The lowest BCUT2D eigenvalue weighted by molar-refractivity contribution is -0.123. The molecule has 0 fully saturated rings. The van der Waals surface area contributed by atoms with E-state index in [9.17, 15) is 9.59 Å². The average molecular weight is 510 g/mol. The van der Waals surface area contributed by atoms with Gasteiger partial charge in [-0.25, -0.2) is 0 Å². The summed E-state index contributed by atoms with van der Waals surface area (Å²) < 4.78 is 16.7. The molecule has 3 N–H and O–H groups in total. The molecule has 0 aromatic heterocycles. The van der Waals surface area contributed by atoms with Gasteiger partial charge in [-0.05, 0) is 76.5 Å². The molecule has 0 bridgehead atoms. The summed E-state index contributed by atoms with van der Waals surface area (Å²) in [6.07, 6.45) is 0. The van der Waals surface area contributed by atoms with Crippen LogP contribution in [0.3, 0.4) is 0 Å². The number of rotatable bonds is 8. The Balaban J connectivity index is 1.76. The molecule has 2 amide bonds. The van der Waals surface area contributed by atoms with E-state index in [1.807, 2.05) is 13.8 Å². The van der Waals surface area contributed by atoms with E-state index < -0.39 is 11.8 Å². The molecule has 0 heterocycles. The minimum atomic E-state index is -0.471. The number of carbonyl (C=O) groups is 2. The summed E-state index contributed by atoms with van der Waals surface area (Å²) in [6, 6.07) is 11.8. The van der Waals surface area contributed by atoms with Gasteiger partial charge in [0.05, 0.1) is 18.2 Å². The first kappa shape index (κ1) is 24.4. The first-order chi connectivity index (χ1) is 14.8. The Bertz CT molecular complexity index is 922. The molecule has 2 aromatic rings. The molecular formula is C21H24BrN3O5S. The van der Waals surface area contributed by atoms with Crippen LogP contribution in [0.5, 0.6) is 17.2 Å². The molecule has 166 valence electrons. The Labute approximate surface area is 194 Å². The summed E-state index contributed by atoms with van der Waals surface area (Å²) in [7, 11) is 1.56. The number of hydrazine groups is 1. The van der Waals surface area contributed by atoms with Gasteiger partial charge < -0.3 is 14.2 Å². The Morgan fingerprint density at radius 2 is 1.71 bits per heavy atom. The van der Waals surface area contributed by atoms with Crippen LogP contribution in [0.4, 0.5) is 0 Å². The molecule has 2 aromatic carbocycles. The maximum atomic E-state index is 12.3. The number of amides is 2. The minimum absolute atomic E-state index is 0.0564. The monoisotopic (exact) mass is 509 g/mol. The highest BCUT2D eigenvalue weighted by molar-refractivity contribution is 9.10. The largest absolute Gasteiger partial charge is 0.497 e. The molecule has 0 atom stereocenters. The van der Waals surface area contributed by atoms with Gasteiger partial charge in [-0.3, -0.25) is 25.8 Å². The van der Waals surface area contributed by atoms with Gasteiger partial charge >= 0.3 is 0 Å². The minimum Gasteiger partial charge on any atom is -0.497 e. The highest BCUT2D eigenvalue weighted by Gasteiger charge is 2.12. The van der Waals surface area contributed by atoms with E-state index in [2.05, 4.69) is 32.1 Å². The summed E-state index contributed by atoms with van der Waals surface area (Å²) in [5, 5.41) is 2.43. The van der Waals surface area contributed by atoms with Gasteiger partial charge in [-0.1, -0.05) is 13.8 Å². The van der Waals surface area contributed by atoms with Gasteiger partial charge in [0.25, 0.3) is 11.8 Å². The van der Waals surface area contributed by atoms with Crippen molar-refractivity contribution in [2.24, 2.45) is 5.92 Å². The number of ether oxygens (including phenoxy) is 3. The van der Waals surface area contributed by atoms with Crippen molar-refractivity contribution in [3.63, 3.8) is 0 Å². The van der Waals surface area contributed by atoms with Crippen LogP contribution in [0.1, 0.15) is 24.2 Å². The topological polar surface area (TPSA) is 97.9 Å². The predicted octanol–water partition coefficient (Wildman–Crippen LogP) is 3.21. The fourth-order valence-corrected chi connectivity index (χ4v) is 2.84.